The van der Waals surface area contributed by atoms with E-state index in [2.05, 4.69) is 0 Å². The van der Waals surface area contributed by atoms with Crippen molar-refractivity contribution in [3.8, 4) is 5.75 Å². The van der Waals surface area contributed by atoms with Crippen LogP contribution in [0.4, 0.5) is 4.39 Å². The highest BCUT2D eigenvalue weighted by Crippen LogP contribution is 2.11. The van der Waals surface area contributed by atoms with E-state index in [0.29, 0.717) is 5.75 Å². The zero-order valence-electron chi connectivity index (χ0n) is 6.00. The van der Waals surface area contributed by atoms with E-state index < -0.39 is 6.04 Å². The third kappa shape index (κ3) is 1.77. The number of carbonyl (C=O) groups excluding carboxylic acids is 1. The molecule has 58 valence electrons. The van der Waals surface area contributed by atoms with E-state index in [1.54, 1.807) is 0 Å². The van der Waals surface area contributed by atoms with Gasteiger partial charge in [-0.2, -0.15) is 4.39 Å². The number of ether oxygens (including phenoxy) is 1. The smallest absolute Gasteiger partial charge is 0.332 e. The SMILES string of the molecule is COc1ccc(C(=O)F)cc1. The summed E-state index contributed by atoms with van der Waals surface area (Å²) in [5, 5.41) is 0. The highest BCUT2D eigenvalue weighted by Gasteiger charge is 2.01. The molecule has 1 aromatic carbocycles. The van der Waals surface area contributed by atoms with E-state index >= 15 is 0 Å². The zero-order valence-corrected chi connectivity index (χ0v) is 6.00. The number of methoxy groups -OCH3 is 1. The first-order valence-corrected chi connectivity index (χ1v) is 3.08. The van der Waals surface area contributed by atoms with Crippen LogP contribution in [-0.4, -0.2) is 13.1 Å². The van der Waals surface area contributed by atoms with Gasteiger partial charge in [-0.25, -0.2) is 0 Å². The molecule has 11 heavy (non-hydrogen) atoms. The Morgan fingerprint density at radius 3 is 2.27 bits per heavy atom. The molecule has 0 aliphatic heterocycles. The monoisotopic (exact) mass is 154 g/mol. The second-order valence-electron chi connectivity index (χ2n) is 2.00. The maximum Gasteiger partial charge on any atom is 0.332 e. The molecule has 3 heteroatoms. The Morgan fingerprint density at radius 2 is 1.91 bits per heavy atom. The molecule has 0 fully saturated rings. The number of benzene rings is 1. The van der Waals surface area contributed by atoms with Crippen LogP contribution < -0.4 is 4.74 Å². The molecule has 0 aromatic heterocycles. The van der Waals surface area contributed by atoms with Crippen LogP contribution in [-0.2, 0) is 0 Å². The van der Waals surface area contributed by atoms with Crippen molar-refractivity contribution in [1.82, 2.24) is 0 Å². The van der Waals surface area contributed by atoms with Gasteiger partial charge in [0.25, 0.3) is 0 Å². The van der Waals surface area contributed by atoms with Crippen molar-refractivity contribution in [2.24, 2.45) is 0 Å². The van der Waals surface area contributed by atoms with E-state index in [4.69, 9.17) is 4.74 Å². The molecule has 0 N–H and O–H groups in total. The van der Waals surface area contributed by atoms with Gasteiger partial charge in [-0.15, -0.1) is 0 Å². The first-order chi connectivity index (χ1) is 5.24. The normalized spacial score (nSPS) is 9.27. The molecule has 0 unspecified atom stereocenters. The Bertz CT molecular complexity index is 253. The maximum atomic E-state index is 12.0. The van der Waals surface area contributed by atoms with Crippen LogP contribution in [0.15, 0.2) is 24.3 Å². The Labute approximate surface area is 63.6 Å². The molecule has 0 bridgehead atoms. The van der Waals surface area contributed by atoms with Gasteiger partial charge in [-0.1, -0.05) is 0 Å². The number of carbonyl (C=O) groups is 1. The fourth-order valence-corrected chi connectivity index (χ4v) is 0.722. The van der Waals surface area contributed by atoms with Crippen molar-refractivity contribution in [2.45, 2.75) is 0 Å². The molecule has 2 nitrogen and oxygen atoms in total. The molecule has 0 aliphatic rings. The summed E-state index contributed by atoms with van der Waals surface area (Å²) in [5.74, 6) is 0.606. The van der Waals surface area contributed by atoms with Crippen LogP contribution in [0.25, 0.3) is 0 Å². The van der Waals surface area contributed by atoms with E-state index in [9.17, 15) is 9.18 Å². The molecule has 0 spiro atoms. The summed E-state index contributed by atoms with van der Waals surface area (Å²) in [4.78, 5) is 10.1. The molecule has 0 amide bonds. The lowest BCUT2D eigenvalue weighted by atomic mass is 10.2. The Hall–Kier alpha value is -1.38. The summed E-state index contributed by atoms with van der Waals surface area (Å²) in [7, 11) is 1.51. The van der Waals surface area contributed by atoms with Gasteiger partial charge in [0.15, 0.2) is 0 Å². The molecule has 0 atom stereocenters. The van der Waals surface area contributed by atoms with Crippen molar-refractivity contribution in [2.75, 3.05) is 7.11 Å². The topological polar surface area (TPSA) is 26.3 Å². The van der Waals surface area contributed by atoms with E-state index in [-0.39, 0.29) is 5.56 Å². The van der Waals surface area contributed by atoms with Crippen molar-refractivity contribution in [3.63, 3.8) is 0 Å². The van der Waals surface area contributed by atoms with Crippen molar-refractivity contribution in [3.05, 3.63) is 29.8 Å². The summed E-state index contributed by atoms with van der Waals surface area (Å²) >= 11 is 0. The second-order valence-corrected chi connectivity index (χ2v) is 2.00. The van der Waals surface area contributed by atoms with Crippen LogP contribution in [0.2, 0.25) is 0 Å². The lowest BCUT2D eigenvalue weighted by Crippen LogP contribution is -1.89. The van der Waals surface area contributed by atoms with E-state index in [1.807, 2.05) is 0 Å². The Kier molecular flexibility index (Phi) is 2.21. The number of hydrogen-bond donors (Lipinski definition) is 0. The first-order valence-electron chi connectivity index (χ1n) is 3.08. The number of hydrogen-bond acceptors (Lipinski definition) is 2. The van der Waals surface area contributed by atoms with Crippen LogP contribution in [0, 0.1) is 0 Å². The lowest BCUT2D eigenvalue weighted by Gasteiger charge is -1.97. The summed E-state index contributed by atoms with van der Waals surface area (Å²) in [6.07, 6.45) is 0. The van der Waals surface area contributed by atoms with Gasteiger partial charge < -0.3 is 4.74 Å². The molecule has 0 saturated heterocycles. The minimum atomic E-state index is -1.42. The van der Waals surface area contributed by atoms with Crippen molar-refractivity contribution < 1.29 is 13.9 Å². The summed E-state index contributed by atoms with van der Waals surface area (Å²) in [5.41, 5.74) is 0.0470. The zero-order chi connectivity index (χ0) is 8.27. The molecule has 0 aliphatic carbocycles. The Balaban J connectivity index is 2.91. The van der Waals surface area contributed by atoms with Crippen LogP contribution in [0.3, 0.4) is 0 Å². The average molecular weight is 154 g/mol. The van der Waals surface area contributed by atoms with Gasteiger partial charge in [0.1, 0.15) is 5.75 Å². The van der Waals surface area contributed by atoms with E-state index in [1.165, 1.54) is 31.4 Å². The maximum absolute atomic E-state index is 12.0. The molecule has 1 rings (SSSR count). The minimum Gasteiger partial charge on any atom is -0.497 e. The van der Waals surface area contributed by atoms with Gasteiger partial charge in [-0.3, -0.25) is 4.79 Å². The summed E-state index contributed by atoms with van der Waals surface area (Å²) in [6.45, 7) is 0. The van der Waals surface area contributed by atoms with Gasteiger partial charge in [0.2, 0.25) is 0 Å². The molecule has 0 heterocycles. The van der Waals surface area contributed by atoms with Gasteiger partial charge in [0, 0.05) is 0 Å². The number of halogens is 1. The first kappa shape index (κ1) is 7.72. The third-order valence-electron chi connectivity index (χ3n) is 1.32. The van der Waals surface area contributed by atoms with Crippen molar-refractivity contribution in [1.29, 1.82) is 0 Å². The highest BCUT2D eigenvalue weighted by molar-refractivity contribution is 5.88. The van der Waals surface area contributed by atoms with Crippen LogP contribution >= 0.6 is 0 Å². The standard InChI is InChI=1S/C8H7FO2/c1-11-7-4-2-6(3-5-7)8(9)10/h2-5H,1H3. The van der Waals surface area contributed by atoms with E-state index in [0.717, 1.165) is 0 Å². The summed E-state index contributed by atoms with van der Waals surface area (Å²) < 4.78 is 16.8. The summed E-state index contributed by atoms with van der Waals surface area (Å²) in [6, 6.07) is 4.40. The molecular weight excluding hydrogens is 147 g/mol. The molecular formula is C8H7FO2. The van der Waals surface area contributed by atoms with Crippen molar-refractivity contribution >= 4 is 6.04 Å². The predicted molar refractivity (Wildman–Crippen MR) is 38.4 cm³/mol. The van der Waals surface area contributed by atoms with Gasteiger partial charge >= 0.3 is 6.04 Å². The minimum absolute atomic E-state index is 0.0470. The third-order valence-corrected chi connectivity index (χ3v) is 1.32. The average Bonchev–Trinajstić information content (AvgIpc) is 2.05. The fourth-order valence-electron chi connectivity index (χ4n) is 0.722. The number of rotatable bonds is 2. The van der Waals surface area contributed by atoms with Gasteiger partial charge in [0.05, 0.1) is 12.7 Å². The largest absolute Gasteiger partial charge is 0.497 e. The molecule has 0 saturated carbocycles. The molecule has 0 radical (unpaired) electrons. The van der Waals surface area contributed by atoms with Gasteiger partial charge in [-0.05, 0) is 24.3 Å². The quantitative estimate of drug-likeness (QED) is 0.607. The van der Waals surface area contributed by atoms with Crippen LogP contribution in [0.5, 0.6) is 5.75 Å². The second kappa shape index (κ2) is 3.14. The highest BCUT2D eigenvalue weighted by atomic mass is 19.1. The Morgan fingerprint density at radius 1 is 1.36 bits per heavy atom. The fraction of sp³-hybridized carbons (Fsp3) is 0.125. The van der Waals surface area contributed by atoms with Crippen LogP contribution in [0.1, 0.15) is 10.4 Å². The predicted octanol–water partition coefficient (Wildman–Crippen LogP) is 1.80. The molecule has 1 aromatic rings. The lowest BCUT2D eigenvalue weighted by molar-refractivity contribution is 0.0836.